The van der Waals surface area contributed by atoms with Crippen LogP contribution in [0, 0.1) is 0 Å². The van der Waals surface area contributed by atoms with Crippen molar-refractivity contribution in [3.05, 3.63) is 17.7 Å². The first-order valence-corrected chi connectivity index (χ1v) is 7.38. The number of rotatable bonds is 3. The molecule has 2 heterocycles. The van der Waals surface area contributed by atoms with Crippen molar-refractivity contribution in [3.8, 4) is 0 Å². The Morgan fingerprint density at radius 3 is 2.76 bits per heavy atom. The third-order valence-electron chi connectivity index (χ3n) is 3.73. The lowest BCUT2D eigenvalue weighted by molar-refractivity contribution is -0.133. The van der Waals surface area contributed by atoms with Crippen molar-refractivity contribution in [1.82, 2.24) is 20.2 Å². The van der Waals surface area contributed by atoms with E-state index in [1.54, 1.807) is 0 Å². The maximum Gasteiger partial charge on any atom is 0.242 e. The quantitative estimate of drug-likeness (QED) is 0.886. The molecule has 6 nitrogen and oxygen atoms in total. The van der Waals surface area contributed by atoms with Crippen molar-refractivity contribution in [2.24, 2.45) is 0 Å². The molecule has 0 bridgehead atoms. The Kier molecular flexibility index (Phi) is 4.34. The summed E-state index contributed by atoms with van der Waals surface area (Å²) in [7, 11) is 0. The number of aromatic amines is 1. The van der Waals surface area contributed by atoms with Gasteiger partial charge < -0.3 is 15.2 Å². The van der Waals surface area contributed by atoms with Crippen LogP contribution in [0.25, 0.3) is 0 Å². The van der Waals surface area contributed by atoms with Gasteiger partial charge in [-0.1, -0.05) is 20.8 Å². The van der Waals surface area contributed by atoms with Crippen LogP contribution >= 0.6 is 0 Å². The standard InChI is InChI=1S/C15H24N4O2/c1-10(20)16-9-13(21)19-7-5-6-12(19)11-8-17-14(18-11)15(2,3)4/h8,12H,5-7,9H2,1-4H3,(H,16,20)(H,17,18). The molecule has 0 aromatic carbocycles. The predicted molar refractivity (Wildman–Crippen MR) is 79.7 cm³/mol. The fourth-order valence-electron chi connectivity index (χ4n) is 2.58. The lowest BCUT2D eigenvalue weighted by Crippen LogP contribution is -2.39. The summed E-state index contributed by atoms with van der Waals surface area (Å²) in [6.07, 6.45) is 3.73. The first kappa shape index (κ1) is 15.5. The minimum atomic E-state index is -0.185. The fraction of sp³-hybridized carbons (Fsp3) is 0.667. The first-order valence-electron chi connectivity index (χ1n) is 7.38. The maximum absolute atomic E-state index is 12.2. The molecule has 1 aliphatic rings. The van der Waals surface area contributed by atoms with E-state index in [1.807, 2.05) is 11.1 Å². The Morgan fingerprint density at radius 1 is 1.48 bits per heavy atom. The summed E-state index contributed by atoms with van der Waals surface area (Å²) in [4.78, 5) is 32.8. The second-order valence-electron chi connectivity index (χ2n) is 6.59. The van der Waals surface area contributed by atoms with E-state index in [-0.39, 0.29) is 29.8 Å². The van der Waals surface area contributed by atoms with Crippen molar-refractivity contribution >= 4 is 11.8 Å². The summed E-state index contributed by atoms with van der Waals surface area (Å²) in [5.74, 6) is 0.703. The zero-order valence-electron chi connectivity index (χ0n) is 13.2. The zero-order chi connectivity index (χ0) is 15.6. The van der Waals surface area contributed by atoms with Crippen LogP contribution < -0.4 is 5.32 Å². The molecule has 0 radical (unpaired) electrons. The largest absolute Gasteiger partial charge is 0.347 e. The Balaban J connectivity index is 2.09. The number of carbonyl (C=O) groups is 2. The molecule has 21 heavy (non-hydrogen) atoms. The number of H-pyrrole nitrogens is 1. The van der Waals surface area contributed by atoms with Gasteiger partial charge in [0, 0.05) is 18.9 Å². The highest BCUT2D eigenvalue weighted by Gasteiger charge is 2.31. The molecule has 6 heteroatoms. The number of amides is 2. The lowest BCUT2D eigenvalue weighted by Gasteiger charge is -2.24. The molecule has 2 rings (SSSR count). The normalized spacial score (nSPS) is 18.9. The van der Waals surface area contributed by atoms with Crippen molar-refractivity contribution in [3.63, 3.8) is 0 Å². The van der Waals surface area contributed by atoms with Crippen LogP contribution in [0.5, 0.6) is 0 Å². The topological polar surface area (TPSA) is 78.1 Å². The lowest BCUT2D eigenvalue weighted by atomic mass is 9.96. The van der Waals surface area contributed by atoms with E-state index in [0.29, 0.717) is 0 Å². The smallest absolute Gasteiger partial charge is 0.242 e. The summed E-state index contributed by atoms with van der Waals surface area (Å²) in [5, 5.41) is 2.57. The van der Waals surface area contributed by atoms with Gasteiger partial charge in [0.05, 0.1) is 24.5 Å². The molecule has 2 amide bonds. The maximum atomic E-state index is 12.2. The van der Waals surface area contributed by atoms with Crippen LogP contribution in [-0.4, -0.2) is 39.8 Å². The number of hydrogen-bond acceptors (Lipinski definition) is 3. The summed E-state index contributed by atoms with van der Waals surface area (Å²) in [6, 6.07) is 0.0369. The van der Waals surface area contributed by atoms with Gasteiger partial charge in [-0.2, -0.15) is 0 Å². The Hall–Kier alpha value is -1.85. The van der Waals surface area contributed by atoms with Crippen molar-refractivity contribution < 1.29 is 9.59 Å². The van der Waals surface area contributed by atoms with E-state index in [4.69, 9.17) is 0 Å². The van der Waals surface area contributed by atoms with Crippen LogP contribution in [-0.2, 0) is 15.0 Å². The average molecular weight is 292 g/mol. The molecule has 116 valence electrons. The van der Waals surface area contributed by atoms with Crippen LogP contribution in [0.1, 0.15) is 58.1 Å². The van der Waals surface area contributed by atoms with Crippen LogP contribution in [0.2, 0.25) is 0 Å². The monoisotopic (exact) mass is 292 g/mol. The van der Waals surface area contributed by atoms with E-state index >= 15 is 0 Å². The highest BCUT2D eigenvalue weighted by Crippen LogP contribution is 2.32. The minimum Gasteiger partial charge on any atom is -0.347 e. The van der Waals surface area contributed by atoms with Crippen molar-refractivity contribution in [2.75, 3.05) is 13.1 Å². The van der Waals surface area contributed by atoms with Gasteiger partial charge >= 0.3 is 0 Å². The second-order valence-corrected chi connectivity index (χ2v) is 6.59. The minimum absolute atomic E-state index is 0.0369. The molecule has 0 saturated carbocycles. The van der Waals surface area contributed by atoms with Crippen LogP contribution in [0.4, 0.5) is 0 Å². The van der Waals surface area contributed by atoms with E-state index in [9.17, 15) is 9.59 Å². The van der Waals surface area contributed by atoms with Gasteiger partial charge in [0.1, 0.15) is 5.82 Å². The van der Waals surface area contributed by atoms with Gasteiger partial charge in [-0.05, 0) is 12.8 Å². The molecule has 1 atom stereocenters. The molecule has 2 N–H and O–H groups in total. The number of imidazole rings is 1. The number of likely N-dealkylation sites (tertiary alicyclic amines) is 1. The molecule has 0 spiro atoms. The summed E-state index contributed by atoms with van der Waals surface area (Å²) in [5.41, 5.74) is 0.940. The van der Waals surface area contributed by atoms with E-state index < -0.39 is 0 Å². The molecule has 1 aromatic heterocycles. The first-order chi connectivity index (χ1) is 9.79. The number of nitrogens with zero attached hydrogens (tertiary/aromatic N) is 2. The Labute approximate surface area is 125 Å². The molecule has 1 saturated heterocycles. The van der Waals surface area contributed by atoms with E-state index in [0.717, 1.165) is 30.9 Å². The van der Waals surface area contributed by atoms with Gasteiger partial charge in [-0.3, -0.25) is 9.59 Å². The molecular formula is C15H24N4O2. The Morgan fingerprint density at radius 2 is 2.19 bits per heavy atom. The molecule has 1 fully saturated rings. The zero-order valence-corrected chi connectivity index (χ0v) is 13.2. The van der Waals surface area contributed by atoms with Crippen LogP contribution in [0.15, 0.2) is 6.20 Å². The van der Waals surface area contributed by atoms with E-state index in [1.165, 1.54) is 6.92 Å². The Bertz CT molecular complexity index is 530. The number of nitrogens with one attached hydrogen (secondary N) is 2. The summed E-state index contributed by atoms with van der Waals surface area (Å²) in [6.45, 7) is 8.51. The van der Waals surface area contributed by atoms with Crippen molar-refractivity contribution in [2.45, 2.75) is 52.0 Å². The van der Waals surface area contributed by atoms with Gasteiger partial charge in [0.2, 0.25) is 11.8 Å². The number of hydrogen-bond donors (Lipinski definition) is 2. The van der Waals surface area contributed by atoms with Crippen LogP contribution in [0.3, 0.4) is 0 Å². The SMILES string of the molecule is CC(=O)NCC(=O)N1CCCC1c1cnc(C(C)(C)C)[nH]1. The van der Waals surface area contributed by atoms with Gasteiger partial charge in [-0.25, -0.2) is 4.98 Å². The molecular weight excluding hydrogens is 268 g/mol. The number of aromatic nitrogens is 2. The fourth-order valence-corrected chi connectivity index (χ4v) is 2.58. The second kappa shape index (κ2) is 5.87. The molecule has 1 aromatic rings. The summed E-state index contributed by atoms with van der Waals surface area (Å²) < 4.78 is 0. The van der Waals surface area contributed by atoms with Gasteiger partial charge in [0.25, 0.3) is 0 Å². The third-order valence-corrected chi connectivity index (χ3v) is 3.73. The highest BCUT2D eigenvalue weighted by molar-refractivity contribution is 5.84. The average Bonchev–Trinajstić information content (AvgIpc) is 3.02. The van der Waals surface area contributed by atoms with Crippen molar-refractivity contribution in [1.29, 1.82) is 0 Å². The highest BCUT2D eigenvalue weighted by atomic mass is 16.2. The van der Waals surface area contributed by atoms with E-state index in [2.05, 4.69) is 36.1 Å². The molecule has 0 aliphatic carbocycles. The molecule has 1 aliphatic heterocycles. The third kappa shape index (κ3) is 3.62. The van der Waals surface area contributed by atoms with Gasteiger partial charge in [-0.15, -0.1) is 0 Å². The summed E-state index contributed by atoms with van der Waals surface area (Å²) >= 11 is 0. The predicted octanol–water partition coefficient (Wildman–Crippen LogP) is 1.51. The van der Waals surface area contributed by atoms with Gasteiger partial charge in [0.15, 0.2) is 0 Å². The molecule has 1 unspecified atom stereocenters. The number of carbonyl (C=O) groups excluding carboxylic acids is 2.